The van der Waals surface area contributed by atoms with E-state index < -0.39 is 0 Å². The van der Waals surface area contributed by atoms with Crippen LogP contribution in [0, 0.1) is 0 Å². The van der Waals surface area contributed by atoms with Crippen molar-refractivity contribution in [1.82, 2.24) is 15.0 Å². The fraction of sp³-hybridized carbons (Fsp3) is 0.474. The summed E-state index contributed by atoms with van der Waals surface area (Å²) in [7, 11) is 1.65. The Hall–Kier alpha value is -2.90. The molecule has 2 saturated heterocycles. The van der Waals surface area contributed by atoms with Crippen molar-refractivity contribution in [2.75, 3.05) is 48.5 Å². The fourth-order valence-electron chi connectivity index (χ4n) is 3.45. The van der Waals surface area contributed by atoms with Crippen molar-refractivity contribution >= 4 is 24.1 Å². The predicted molar refractivity (Wildman–Crippen MR) is 107 cm³/mol. The second-order valence-electron chi connectivity index (χ2n) is 6.76. The van der Waals surface area contributed by atoms with Crippen molar-refractivity contribution in [3.8, 4) is 5.75 Å². The van der Waals surface area contributed by atoms with Crippen molar-refractivity contribution in [1.29, 1.82) is 0 Å². The molecular weight excluding hydrogens is 342 g/mol. The van der Waals surface area contributed by atoms with E-state index in [0.29, 0.717) is 5.95 Å². The van der Waals surface area contributed by atoms with Crippen LogP contribution in [0.1, 0.15) is 31.2 Å². The molecule has 2 aromatic rings. The number of anilines is 3. The van der Waals surface area contributed by atoms with Crippen molar-refractivity contribution < 1.29 is 4.74 Å². The number of rotatable bonds is 6. The van der Waals surface area contributed by atoms with Gasteiger partial charge in [0.2, 0.25) is 17.8 Å². The van der Waals surface area contributed by atoms with Gasteiger partial charge >= 0.3 is 0 Å². The molecule has 0 amide bonds. The lowest BCUT2D eigenvalue weighted by Crippen LogP contribution is -2.25. The minimum absolute atomic E-state index is 0.472. The largest absolute Gasteiger partial charge is 0.496 e. The number of hydrogen-bond donors (Lipinski definition) is 1. The lowest BCUT2D eigenvalue weighted by atomic mass is 10.2. The van der Waals surface area contributed by atoms with E-state index in [-0.39, 0.29) is 0 Å². The maximum absolute atomic E-state index is 5.35. The van der Waals surface area contributed by atoms with Gasteiger partial charge in [0, 0.05) is 31.7 Å². The van der Waals surface area contributed by atoms with Gasteiger partial charge in [0.25, 0.3) is 0 Å². The topological polar surface area (TPSA) is 78.8 Å². The third-order valence-corrected chi connectivity index (χ3v) is 4.90. The second kappa shape index (κ2) is 8.20. The first-order valence-electron chi connectivity index (χ1n) is 9.51. The van der Waals surface area contributed by atoms with E-state index in [2.05, 4.69) is 30.3 Å². The van der Waals surface area contributed by atoms with Gasteiger partial charge in [0.1, 0.15) is 5.75 Å². The highest BCUT2D eigenvalue weighted by Gasteiger charge is 2.21. The van der Waals surface area contributed by atoms with Gasteiger partial charge in [-0.15, -0.1) is 0 Å². The van der Waals surface area contributed by atoms with Crippen molar-refractivity contribution in [3.05, 3.63) is 29.8 Å². The fourth-order valence-corrected chi connectivity index (χ4v) is 3.45. The maximum atomic E-state index is 5.35. The van der Waals surface area contributed by atoms with E-state index in [9.17, 15) is 0 Å². The summed E-state index contributed by atoms with van der Waals surface area (Å²) in [6.45, 7) is 3.97. The Balaban J connectivity index is 1.56. The van der Waals surface area contributed by atoms with E-state index in [4.69, 9.17) is 9.72 Å². The number of methoxy groups -OCH3 is 1. The van der Waals surface area contributed by atoms with Crippen molar-refractivity contribution in [3.63, 3.8) is 0 Å². The average Bonchev–Trinajstić information content (AvgIpc) is 3.42. The first-order valence-corrected chi connectivity index (χ1v) is 9.51. The van der Waals surface area contributed by atoms with Crippen LogP contribution in [0.25, 0.3) is 0 Å². The van der Waals surface area contributed by atoms with Crippen LogP contribution >= 0.6 is 0 Å². The summed E-state index contributed by atoms with van der Waals surface area (Å²) in [5.74, 6) is 2.72. The molecule has 1 N–H and O–H groups in total. The van der Waals surface area contributed by atoms with E-state index >= 15 is 0 Å². The summed E-state index contributed by atoms with van der Waals surface area (Å²) in [5, 5.41) is 4.31. The summed E-state index contributed by atoms with van der Waals surface area (Å²) in [6.07, 6.45) is 6.44. The Morgan fingerprint density at radius 1 is 0.926 bits per heavy atom. The monoisotopic (exact) mass is 367 g/mol. The molecule has 2 aliphatic heterocycles. The van der Waals surface area contributed by atoms with Crippen LogP contribution < -0.4 is 20.0 Å². The molecule has 0 atom stereocenters. The zero-order valence-electron chi connectivity index (χ0n) is 15.6. The molecule has 27 heavy (non-hydrogen) atoms. The SMILES string of the molecule is COc1ccccc1C=NNc1nc(N2CCCC2)nc(N2CCCC2)n1. The Morgan fingerprint density at radius 3 is 2.11 bits per heavy atom. The molecule has 4 rings (SSSR count). The molecule has 8 nitrogen and oxygen atoms in total. The molecule has 2 fully saturated rings. The molecule has 3 heterocycles. The number of benzene rings is 1. The van der Waals surface area contributed by atoms with Gasteiger partial charge in [-0.2, -0.15) is 20.1 Å². The number of hydrogen-bond acceptors (Lipinski definition) is 8. The van der Waals surface area contributed by atoms with Gasteiger partial charge in [0.15, 0.2) is 0 Å². The quantitative estimate of drug-likeness (QED) is 0.621. The Labute approximate surface area is 159 Å². The maximum Gasteiger partial charge on any atom is 0.250 e. The minimum Gasteiger partial charge on any atom is -0.496 e. The zero-order chi connectivity index (χ0) is 18.5. The van der Waals surface area contributed by atoms with Crippen LogP contribution in [-0.2, 0) is 0 Å². The van der Waals surface area contributed by atoms with Gasteiger partial charge < -0.3 is 14.5 Å². The molecule has 0 bridgehead atoms. The second-order valence-corrected chi connectivity index (χ2v) is 6.76. The number of ether oxygens (including phenoxy) is 1. The first-order chi connectivity index (χ1) is 13.3. The van der Waals surface area contributed by atoms with Crippen LogP contribution in [0.2, 0.25) is 0 Å². The van der Waals surface area contributed by atoms with E-state index in [1.165, 1.54) is 25.7 Å². The normalized spacial score (nSPS) is 17.1. The molecule has 1 aromatic heterocycles. The molecule has 0 aliphatic carbocycles. The lowest BCUT2D eigenvalue weighted by molar-refractivity contribution is 0.414. The highest BCUT2D eigenvalue weighted by Crippen LogP contribution is 2.23. The highest BCUT2D eigenvalue weighted by atomic mass is 16.5. The first kappa shape index (κ1) is 17.5. The van der Waals surface area contributed by atoms with Gasteiger partial charge in [0.05, 0.1) is 13.3 Å². The van der Waals surface area contributed by atoms with Crippen molar-refractivity contribution in [2.45, 2.75) is 25.7 Å². The number of aromatic nitrogens is 3. The van der Waals surface area contributed by atoms with E-state index in [1.54, 1.807) is 13.3 Å². The van der Waals surface area contributed by atoms with Gasteiger partial charge in [-0.1, -0.05) is 12.1 Å². The average molecular weight is 367 g/mol. The summed E-state index contributed by atoms with van der Waals surface area (Å²) in [6, 6.07) is 7.73. The molecular formula is C19H25N7O. The molecule has 0 saturated carbocycles. The summed E-state index contributed by atoms with van der Waals surface area (Å²) in [5.41, 5.74) is 3.86. The molecule has 0 radical (unpaired) electrons. The van der Waals surface area contributed by atoms with Crippen LogP contribution in [0.4, 0.5) is 17.8 Å². The number of nitrogens with one attached hydrogen (secondary N) is 1. The number of para-hydroxylation sites is 1. The van der Waals surface area contributed by atoms with Crippen LogP contribution in [0.15, 0.2) is 29.4 Å². The molecule has 2 aliphatic rings. The number of hydrazone groups is 1. The zero-order valence-corrected chi connectivity index (χ0v) is 15.6. The summed E-state index contributed by atoms with van der Waals surface area (Å²) < 4.78 is 5.35. The minimum atomic E-state index is 0.472. The van der Waals surface area contributed by atoms with E-state index in [1.807, 2.05) is 24.3 Å². The summed E-state index contributed by atoms with van der Waals surface area (Å²) >= 11 is 0. The molecule has 142 valence electrons. The van der Waals surface area contributed by atoms with Crippen LogP contribution in [0.5, 0.6) is 5.75 Å². The Kier molecular flexibility index (Phi) is 5.32. The molecule has 8 heteroatoms. The highest BCUT2D eigenvalue weighted by molar-refractivity contribution is 5.83. The third kappa shape index (κ3) is 4.10. The van der Waals surface area contributed by atoms with Crippen LogP contribution in [0.3, 0.4) is 0 Å². The Morgan fingerprint density at radius 2 is 1.52 bits per heavy atom. The smallest absolute Gasteiger partial charge is 0.250 e. The summed E-state index contributed by atoms with van der Waals surface area (Å²) in [4.78, 5) is 18.3. The standard InChI is InChI=1S/C19H25N7O/c1-27-16-9-3-2-8-15(16)14-20-24-17-21-18(25-10-4-5-11-25)23-19(22-17)26-12-6-7-13-26/h2-3,8-9,14H,4-7,10-13H2,1H3,(H,21,22,23,24). The molecule has 0 unspecified atom stereocenters. The van der Waals surface area contributed by atoms with E-state index in [0.717, 1.165) is 49.4 Å². The third-order valence-electron chi connectivity index (χ3n) is 4.90. The Bertz CT molecular complexity index is 764. The van der Waals surface area contributed by atoms with Crippen LogP contribution in [-0.4, -0.2) is 54.5 Å². The predicted octanol–water partition coefficient (Wildman–Crippen LogP) is 2.53. The van der Waals surface area contributed by atoms with Crippen molar-refractivity contribution in [2.24, 2.45) is 5.10 Å². The molecule has 0 spiro atoms. The van der Waals surface area contributed by atoms with Gasteiger partial charge in [-0.25, -0.2) is 5.43 Å². The van der Waals surface area contributed by atoms with Gasteiger partial charge in [-0.05, 0) is 37.8 Å². The lowest BCUT2D eigenvalue weighted by Gasteiger charge is -2.20. The number of nitrogens with zero attached hydrogens (tertiary/aromatic N) is 6. The van der Waals surface area contributed by atoms with Gasteiger partial charge in [-0.3, -0.25) is 0 Å². The molecule has 1 aromatic carbocycles.